The summed E-state index contributed by atoms with van der Waals surface area (Å²) in [5, 5.41) is 4.05. The third kappa shape index (κ3) is 2.90. The van der Waals surface area contributed by atoms with E-state index in [1.165, 1.54) is 0 Å². The van der Waals surface area contributed by atoms with E-state index in [1.807, 2.05) is 6.92 Å². The highest BCUT2D eigenvalue weighted by molar-refractivity contribution is 5.02. The summed E-state index contributed by atoms with van der Waals surface area (Å²) in [5.74, 6) is 1.67. The third-order valence-electron chi connectivity index (χ3n) is 3.43. The quantitative estimate of drug-likeness (QED) is 0.892. The van der Waals surface area contributed by atoms with Gasteiger partial charge < -0.3 is 15.0 Å². The number of hydrogen-bond acceptors (Lipinski definition) is 5. The fourth-order valence-electron chi connectivity index (χ4n) is 2.32. The van der Waals surface area contributed by atoms with E-state index in [4.69, 9.17) is 15.0 Å². The number of nitrogens with zero attached hydrogens (tertiary/aromatic N) is 2. The van der Waals surface area contributed by atoms with Gasteiger partial charge in [0.2, 0.25) is 11.7 Å². The molecular formula is C13H23N3O2. The third-order valence-corrected chi connectivity index (χ3v) is 3.43. The zero-order chi connectivity index (χ0) is 13.2. The molecule has 0 aromatic carbocycles. The van der Waals surface area contributed by atoms with E-state index in [0.717, 1.165) is 32.3 Å². The van der Waals surface area contributed by atoms with Gasteiger partial charge in [-0.1, -0.05) is 19.0 Å². The van der Waals surface area contributed by atoms with Crippen molar-refractivity contribution in [3.63, 3.8) is 0 Å². The van der Waals surface area contributed by atoms with Crippen molar-refractivity contribution in [2.45, 2.75) is 58.1 Å². The van der Waals surface area contributed by atoms with Gasteiger partial charge in [-0.2, -0.15) is 4.98 Å². The van der Waals surface area contributed by atoms with Gasteiger partial charge in [0.1, 0.15) is 5.60 Å². The average Bonchev–Trinajstić information content (AvgIpc) is 2.79. The van der Waals surface area contributed by atoms with Crippen LogP contribution >= 0.6 is 0 Å². The summed E-state index contributed by atoms with van der Waals surface area (Å²) < 4.78 is 11.1. The lowest BCUT2D eigenvalue weighted by molar-refractivity contribution is -0.0770. The van der Waals surface area contributed by atoms with Crippen molar-refractivity contribution in [2.75, 3.05) is 6.61 Å². The molecule has 1 fully saturated rings. The lowest BCUT2D eigenvalue weighted by Crippen LogP contribution is -2.31. The van der Waals surface area contributed by atoms with Gasteiger partial charge >= 0.3 is 0 Å². The van der Waals surface area contributed by atoms with Crippen LogP contribution in [0.3, 0.4) is 0 Å². The maximum absolute atomic E-state index is 6.04. The van der Waals surface area contributed by atoms with Gasteiger partial charge in [0, 0.05) is 6.61 Å². The summed E-state index contributed by atoms with van der Waals surface area (Å²) in [6.45, 7) is 7.04. The molecule has 0 spiro atoms. The Labute approximate surface area is 108 Å². The van der Waals surface area contributed by atoms with Gasteiger partial charge in [0.15, 0.2) is 0 Å². The molecule has 102 valence electrons. The second-order valence-corrected chi connectivity index (χ2v) is 5.73. The molecule has 2 atom stereocenters. The molecule has 1 aliphatic heterocycles. The van der Waals surface area contributed by atoms with Crippen molar-refractivity contribution in [2.24, 2.45) is 11.7 Å². The monoisotopic (exact) mass is 253 g/mol. The second-order valence-electron chi connectivity index (χ2n) is 5.73. The molecule has 1 aliphatic rings. The first-order chi connectivity index (χ1) is 8.51. The first kappa shape index (κ1) is 13.5. The van der Waals surface area contributed by atoms with Crippen LogP contribution in [0, 0.1) is 5.92 Å². The second kappa shape index (κ2) is 5.36. The number of ether oxygens (including phenoxy) is 1. The molecule has 1 saturated heterocycles. The van der Waals surface area contributed by atoms with Gasteiger partial charge in [-0.05, 0) is 38.5 Å². The van der Waals surface area contributed by atoms with Crippen LogP contribution in [0.5, 0.6) is 0 Å². The van der Waals surface area contributed by atoms with Gasteiger partial charge in [-0.3, -0.25) is 0 Å². The first-order valence-corrected chi connectivity index (χ1v) is 6.75. The minimum Gasteiger partial charge on any atom is -0.367 e. The maximum Gasteiger partial charge on any atom is 0.243 e. The van der Waals surface area contributed by atoms with Crippen LogP contribution in [0.2, 0.25) is 0 Å². The van der Waals surface area contributed by atoms with E-state index in [1.54, 1.807) is 0 Å². The molecule has 2 N–H and O–H groups in total. The summed E-state index contributed by atoms with van der Waals surface area (Å²) in [6, 6.07) is -0.182. The summed E-state index contributed by atoms with van der Waals surface area (Å²) in [4.78, 5) is 4.43. The van der Waals surface area contributed by atoms with Gasteiger partial charge in [0.25, 0.3) is 0 Å². The molecule has 5 nitrogen and oxygen atoms in total. The van der Waals surface area contributed by atoms with E-state index in [2.05, 4.69) is 24.0 Å². The zero-order valence-corrected chi connectivity index (χ0v) is 11.5. The lowest BCUT2D eigenvalue weighted by Gasteiger charge is -2.30. The summed E-state index contributed by atoms with van der Waals surface area (Å²) in [6.07, 6.45) is 4.02. The van der Waals surface area contributed by atoms with Gasteiger partial charge in [0.05, 0.1) is 6.04 Å². The van der Waals surface area contributed by atoms with Crippen LogP contribution in [0.15, 0.2) is 4.52 Å². The Morgan fingerprint density at radius 3 is 2.78 bits per heavy atom. The molecule has 2 heterocycles. The van der Waals surface area contributed by atoms with Crippen LogP contribution in [-0.2, 0) is 10.3 Å². The standard InChI is InChI=1S/C13H23N3O2/c1-9(2)8-10(14)11-15-12(16-18-11)13(3)6-4-5-7-17-13/h9-10H,4-8,14H2,1-3H3/t10-,13?/m0/s1. The minimum absolute atomic E-state index is 0.182. The summed E-state index contributed by atoms with van der Waals surface area (Å²) >= 11 is 0. The van der Waals surface area contributed by atoms with E-state index in [9.17, 15) is 0 Å². The number of rotatable bonds is 4. The van der Waals surface area contributed by atoms with Crippen molar-refractivity contribution in [3.8, 4) is 0 Å². The van der Waals surface area contributed by atoms with Crippen molar-refractivity contribution in [1.29, 1.82) is 0 Å². The molecule has 0 aliphatic carbocycles. The normalized spacial score (nSPS) is 26.5. The first-order valence-electron chi connectivity index (χ1n) is 6.75. The molecule has 1 aromatic rings. The zero-order valence-electron chi connectivity index (χ0n) is 11.5. The minimum atomic E-state index is -0.405. The Kier molecular flexibility index (Phi) is 4.02. The Hall–Kier alpha value is -0.940. The molecule has 2 rings (SSSR count). The van der Waals surface area contributed by atoms with Crippen molar-refractivity contribution >= 4 is 0 Å². The topological polar surface area (TPSA) is 74.2 Å². The summed E-state index contributed by atoms with van der Waals surface area (Å²) in [7, 11) is 0. The van der Waals surface area contributed by atoms with Crippen molar-refractivity contribution in [1.82, 2.24) is 10.1 Å². The number of hydrogen-bond donors (Lipinski definition) is 1. The molecule has 5 heteroatoms. The number of nitrogens with two attached hydrogens (primary N) is 1. The smallest absolute Gasteiger partial charge is 0.243 e. The molecule has 0 saturated carbocycles. The van der Waals surface area contributed by atoms with Crippen LogP contribution in [0.1, 0.15) is 64.2 Å². The van der Waals surface area contributed by atoms with Gasteiger partial charge in [-0.25, -0.2) is 0 Å². The van der Waals surface area contributed by atoms with E-state index in [0.29, 0.717) is 17.6 Å². The van der Waals surface area contributed by atoms with Crippen LogP contribution in [0.25, 0.3) is 0 Å². The number of aromatic nitrogens is 2. The molecule has 1 unspecified atom stereocenters. The van der Waals surface area contributed by atoms with E-state index >= 15 is 0 Å². The highest BCUT2D eigenvalue weighted by Crippen LogP contribution is 2.33. The summed E-state index contributed by atoms with van der Waals surface area (Å²) in [5.41, 5.74) is 5.64. The lowest BCUT2D eigenvalue weighted by atomic mass is 9.95. The average molecular weight is 253 g/mol. The Bertz CT molecular complexity index is 383. The highest BCUT2D eigenvalue weighted by atomic mass is 16.5. The molecule has 0 amide bonds. The van der Waals surface area contributed by atoms with Crippen LogP contribution in [0.4, 0.5) is 0 Å². The largest absolute Gasteiger partial charge is 0.367 e. The van der Waals surface area contributed by atoms with Crippen LogP contribution in [-0.4, -0.2) is 16.7 Å². The molecule has 1 aromatic heterocycles. The maximum atomic E-state index is 6.04. The fourth-order valence-corrected chi connectivity index (χ4v) is 2.32. The van der Waals surface area contributed by atoms with Crippen molar-refractivity contribution in [3.05, 3.63) is 11.7 Å². The SMILES string of the molecule is CC(C)C[C@H](N)c1nc(C2(C)CCCCO2)no1. The van der Waals surface area contributed by atoms with E-state index in [-0.39, 0.29) is 6.04 Å². The van der Waals surface area contributed by atoms with E-state index < -0.39 is 5.60 Å². The highest BCUT2D eigenvalue weighted by Gasteiger charge is 2.35. The fraction of sp³-hybridized carbons (Fsp3) is 0.846. The molecule has 0 radical (unpaired) electrons. The molecular weight excluding hydrogens is 230 g/mol. The Morgan fingerprint density at radius 1 is 1.39 bits per heavy atom. The Balaban J connectivity index is 2.09. The van der Waals surface area contributed by atoms with Crippen molar-refractivity contribution < 1.29 is 9.26 Å². The Morgan fingerprint density at radius 2 is 2.17 bits per heavy atom. The predicted octanol–water partition coefficient (Wildman–Crippen LogP) is 2.53. The molecule has 0 bridgehead atoms. The van der Waals surface area contributed by atoms with Crippen LogP contribution < -0.4 is 5.73 Å². The van der Waals surface area contributed by atoms with Gasteiger partial charge in [-0.15, -0.1) is 0 Å². The predicted molar refractivity (Wildman–Crippen MR) is 67.8 cm³/mol. The molecule has 18 heavy (non-hydrogen) atoms.